The van der Waals surface area contributed by atoms with Gasteiger partial charge in [0.05, 0.1) is 15.5 Å². The van der Waals surface area contributed by atoms with Gasteiger partial charge in [0.1, 0.15) is 5.82 Å². The number of benzene rings is 1. The Hall–Kier alpha value is -1.03. The Balaban J connectivity index is 2.99. The summed E-state index contributed by atoms with van der Waals surface area (Å²) in [6, 6.07) is 1.95. The van der Waals surface area contributed by atoms with E-state index in [-0.39, 0.29) is 22.7 Å². The molecule has 0 spiro atoms. The van der Waals surface area contributed by atoms with E-state index in [1.54, 1.807) is 6.92 Å². The number of amides is 1. The average Bonchev–Trinajstić information content (AvgIpc) is 2.38. The molecule has 0 aliphatic carbocycles. The zero-order valence-electron chi connectivity index (χ0n) is 11.5. The molecule has 1 aromatic rings. The van der Waals surface area contributed by atoms with Crippen LogP contribution in [0.2, 0.25) is 0 Å². The summed E-state index contributed by atoms with van der Waals surface area (Å²) >= 11 is 2.80. The molecule has 0 aliphatic rings. The first-order valence-electron chi connectivity index (χ1n) is 6.08. The lowest BCUT2D eigenvalue weighted by Gasteiger charge is -2.13. The lowest BCUT2D eigenvalue weighted by Crippen LogP contribution is -2.32. The largest absolute Gasteiger partial charge is 0.377 e. The van der Waals surface area contributed by atoms with E-state index in [0.29, 0.717) is 6.61 Å². The third-order valence-corrected chi connectivity index (χ3v) is 4.57. The number of primary sulfonamides is 1. The second kappa shape index (κ2) is 7.30. The number of rotatable bonds is 6. The van der Waals surface area contributed by atoms with Gasteiger partial charge in [-0.3, -0.25) is 4.79 Å². The van der Waals surface area contributed by atoms with Crippen molar-refractivity contribution in [1.82, 2.24) is 5.32 Å². The van der Waals surface area contributed by atoms with Crippen LogP contribution in [0, 0.1) is 5.82 Å². The van der Waals surface area contributed by atoms with Crippen LogP contribution in [-0.2, 0) is 14.8 Å². The fourth-order valence-corrected chi connectivity index (χ4v) is 3.13. The SMILES string of the molecule is CCOC(C)CNC(=O)c1cc(F)c(Br)c(S(N)(=O)=O)c1. The van der Waals surface area contributed by atoms with Gasteiger partial charge in [-0.25, -0.2) is 17.9 Å². The van der Waals surface area contributed by atoms with Crippen molar-refractivity contribution in [2.45, 2.75) is 24.8 Å². The highest BCUT2D eigenvalue weighted by molar-refractivity contribution is 9.10. The van der Waals surface area contributed by atoms with Gasteiger partial charge in [-0.2, -0.15) is 0 Å². The van der Waals surface area contributed by atoms with Crippen LogP contribution in [0.1, 0.15) is 24.2 Å². The molecule has 1 rings (SSSR count). The minimum atomic E-state index is -4.14. The lowest BCUT2D eigenvalue weighted by atomic mass is 10.2. The van der Waals surface area contributed by atoms with Crippen molar-refractivity contribution in [3.05, 3.63) is 28.0 Å². The predicted molar refractivity (Wildman–Crippen MR) is 78.9 cm³/mol. The number of halogens is 2. The average molecular weight is 383 g/mol. The van der Waals surface area contributed by atoms with Gasteiger partial charge in [0, 0.05) is 18.7 Å². The molecule has 118 valence electrons. The van der Waals surface area contributed by atoms with Crippen molar-refractivity contribution in [1.29, 1.82) is 0 Å². The number of ether oxygens (including phenoxy) is 1. The standard InChI is InChI=1S/C12H16BrFN2O4S/c1-3-20-7(2)6-16-12(17)8-4-9(14)11(13)10(5-8)21(15,18)19/h4-5,7H,3,6H2,1-2H3,(H,16,17)(H2,15,18,19). The molecule has 0 saturated carbocycles. The van der Waals surface area contributed by atoms with Gasteiger partial charge < -0.3 is 10.1 Å². The van der Waals surface area contributed by atoms with Crippen LogP contribution in [-0.4, -0.2) is 33.6 Å². The van der Waals surface area contributed by atoms with Crippen molar-refractivity contribution < 1.29 is 22.3 Å². The first kappa shape index (κ1) is 18.0. The summed E-state index contributed by atoms with van der Waals surface area (Å²) in [5.41, 5.74) is -0.136. The maximum Gasteiger partial charge on any atom is 0.251 e. The Morgan fingerprint density at radius 2 is 2.14 bits per heavy atom. The first-order valence-corrected chi connectivity index (χ1v) is 8.42. The maximum atomic E-state index is 13.7. The van der Waals surface area contributed by atoms with E-state index in [1.807, 2.05) is 6.92 Å². The van der Waals surface area contributed by atoms with Gasteiger partial charge in [0.15, 0.2) is 0 Å². The molecular formula is C12H16BrFN2O4S. The van der Waals surface area contributed by atoms with Crippen LogP contribution in [0.4, 0.5) is 4.39 Å². The molecule has 3 N–H and O–H groups in total. The molecule has 0 heterocycles. The van der Waals surface area contributed by atoms with Gasteiger partial charge >= 0.3 is 0 Å². The van der Waals surface area contributed by atoms with Gasteiger partial charge in [0.2, 0.25) is 10.0 Å². The Kier molecular flexibility index (Phi) is 6.26. The smallest absolute Gasteiger partial charge is 0.251 e. The molecule has 0 saturated heterocycles. The highest BCUT2D eigenvalue weighted by Crippen LogP contribution is 2.25. The van der Waals surface area contributed by atoms with Crippen molar-refractivity contribution in [3.63, 3.8) is 0 Å². The topological polar surface area (TPSA) is 98.5 Å². The van der Waals surface area contributed by atoms with Crippen molar-refractivity contribution in [2.75, 3.05) is 13.2 Å². The molecule has 1 atom stereocenters. The van der Waals surface area contributed by atoms with E-state index < -0.39 is 26.6 Å². The van der Waals surface area contributed by atoms with E-state index in [0.717, 1.165) is 12.1 Å². The number of sulfonamides is 1. The van der Waals surface area contributed by atoms with Crippen LogP contribution in [0.15, 0.2) is 21.5 Å². The molecule has 9 heteroatoms. The number of carbonyl (C=O) groups excluding carboxylic acids is 1. The molecule has 21 heavy (non-hydrogen) atoms. The third kappa shape index (κ3) is 5.03. The third-order valence-electron chi connectivity index (χ3n) is 2.56. The summed E-state index contributed by atoms with van der Waals surface area (Å²) < 4.78 is 41.3. The second-order valence-corrected chi connectivity index (χ2v) is 6.61. The highest BCUT2D eigenvalue weighted by atomic mass is 79.9. The fraction of sp³-hybridized carbons (Fsp3) is 0.417. The van der Waals surface area contributed by atoms with Crippen LogP contribution < -0.4 is 10.5 Å². The molecule has 0 fully saturated rings. The van der Waals surface area contributed by atoms with Crippen LogP contribution in [0.3, 0.4) is 0 Å². The van der Waals surface area contributed by atoms with Gasteiger partial charge in [0.25, 0.3) is 5.91 Å². The second-order valence-electron chi connectivity index (χ2n) is 4.29. The minimum Gasteiger partial charge on any atom is -0.377 e. The number of hydrogen-bond acceptors (Lipinski definition) is 4. The van der Waals surface area contributed by atoms with E-state index in [2.05, 4.69) is 21.2 Å². The summed E-state index contributed by atoms with van der Waals surface area (Å²) in [5, 5.41) is 7.51. The lowest BCUT2D eigenvalue weighted by molar-refractivity contribution is 0.0695. The summed E-state index contributed by atoms with van der Waals surface area (Å²) in [5.74, 6) is -1.50. The zero-order valence-corrected chi connectivity index (χ0v) is 13.9. The number of nitrogens with one attached hydrogen (secondary N) is 1. The van der Waals surface area contributed by atoms with Gasteiger partial charge in [-0.1, -0.05) is 0 Å². The number of nitrogens with two attached hydrogens (primary N) is 1. The van der Waals surface area contributed by atoms with E-state index in [4.69, 9.17) is 9.88 Å². The molecule has 0 bridgehead atoms. The normalized spacial score (nSPS) is 13.0. The minimum absolute atomic E-state index is 0.136. The first-order chi connectivity index (χ1) is 9.66. The number of carbonyl (C=O) groups is 1. The van der Waals surface area contributed by atoms with Crippen LogP contribution in [0.5, 0.6) is 0 Å². The Morgan fingerprint density at radius 3 is 2.67 bits per heavy atom. The Labute approximate surface area is 131 Å². The Morgan fingerprint density at radius 1 is 1.52 bits per heavy atom. The van der Waals surface area contributed by atoms with Crippen LogP contribution in [0.25, 0.3) is 0 Å². The quantitative estimate of drug-likeness (QED) is 0.776. The molecule has 0 aromatic heterocycles. The number of hydrogen-bond donors (Lipinski definition) is 2. The van der Waals surface area contributed by atoms with Crippen molar-refractivity contribution >= 4 is 31.9 Å². The monoisotopic (exact) mass is 382 g/mol. The molecule has 0 radical (unpaired) electrons. The molecule has 1 amide bonds. The predicted octanol–water partition coefficient (Wildman–Crippen LogP) is 1.39. The van der Waals surface area contributed by atoms with Gasteiger partial charge in [-0.05, 0) is 41.9 Å². The summed E-state index contributed by atoms with van der Waals surface area (Å²) in [7, 11) is -4.14. The van der Waals surface area contributed by atoms with E-state index >= 15 is 0 Å². The Bertz CT molecular complexity index is 636. The van der Waals surface area contributed by atoms with E-state index in [9.17, 15) is 17.6 Å². The maximum absolute atomic E-state index is 13.7. The summed E-state index contributed by atoms with van der Waals surface area (Å²) in [4.78, 5) is 11.4. The molecule has 0 aliphatic heterocycles. The van der Waals surface area contributed by atoms with Crippen molar-refractivity contribution in [2.24, 2.45) is 5.14 Å². The van der Waals surface area contributed by atoms with Crippen molar-refractivity contribution in [3.8, 4) is 0 Å². The highest BCUT2D eigenvalue weighted by Gasteiger charge is 2.20. The van der Waals surface area contributed by atoms with Gasteiger partial charge in [-0.15, -0.1) is 0 Å². The molecule has 1 aromatic carbocycles. The fourth-order valence-electron chi connectivity index (χ4n) is 1.58. The molecular weight excluding hydrogens is 367 g/mol. The zero-order chi connectivity index (χ0) is 16.2. The van der Waals surface area contributed by atoms with E-state index in [1.165, 1.54) is 0 Å². The molecule has 6 nitrogen and oxygen atoms in total. The summed E-state index contributed by atoms with van der Waals surface area (Å²) in [6.45, 7) is 4.30. The molecule has 1 unspecified atom stereocenters. The summed E-state index contributed by atoms with van der Waals surface area (Å²) in [6.07, 6.45) is -0.211. The van der Waals surface area contributed by atoms with Crippen LogP contribution >= 0.6 is 15.9 Å².